The first-order valence-corrected chi connectivity index (χ1v) is 37.0. The van der Waals surface area contributed by atoms with Crippen LogP contribution in [0.15, 0.2) is 23.1 Å². The van der Waals surface area contributed by atoms with Crippen molar-refractivity contribution in [1.82, 2.24) is 59.8 Å². The molecule has 37 heteroatoms. The number of rotatable bonds is 17. The fourth-order valence-corrected chi connectivity index (χ4v) is 14.5. The summed E-state index contributed by atoms with van der Waals surface area (Å²) in [5.74, 6) is 5.09. The number of methoxy groups -OCH3 is 5. The third-order valence-electron chi connectivity index (χ3n) is 18.6. The summed E-state index contributed by atoms with van der Waals surface area (Å²) in [4.78, 5) is 113. The zero-order valence-electron chi connectivity index (χ0n) is 63.8. The van der Waals surface area contributed by atoms with Crippen LogP contribution < -0.4 is 76.0 Å². The van der Waals surface area contributed by atoms with Gasteiger partial charge in [0.2, 0.25) is 41.4 Å². The van der Waals surface area contributed by atoms with Gasteiger partial charge in [0, 0.05) is 82.4 Å². The lowest BCUT2D eigenvalue weighted by Gasteiger charge is -2.42. The number of nitrogen functional groups attached to an aromatic ring is 4. The number of fused-ring (bicyclic) bond motifs is 4. The van der Waals surface area contributed by atoms with E-state index in [0.29, 0.717) is 84.2 Å². The Morgan fingerprint density at radius 2 is 0.899 bits per heavy atom. The molecule has 0 fully saturated rings. The van der Waals surface area contributed by atoms with Crippen molar-refractivity contribution in [2.45, 2.75) is 141 Å². The van der Waals surface area contributed by atoms with Crippen LogP contribution in [0.4, 0.5) is 58.4 Å². The Bertz CT molecular complexity index is 4850. The number of hydrogen-bond donors (Lipinski definition) is 4. The fraction of sp³-hybridized carbons (Fsp3) is 0.444. The van der Waals surface area contributed by atoms with Crippen LogP contribution in [-0.4, -0.2) is 156 Å². The summed E-state index contributed by atoms with van der Waals surface area (Å²) in [5.41, 5.74) is 33.3. The minimum atomic E-state index is -0.774. The molecule has 0 bridgehead atoms. The smallest absolute Gasteiger partial charge is 0.261 e. The Balaban J connectivity index is 0.000000168. The molecule has 0 saturated carbocycles. The third-order valence-corrected chi connectivity index (χ3v) is 21.4. The zero-order valence-corrected chi connectivity index (χ0v) is 69.2. The van der Waals surface area contributed by atoms with Crippen molar-refractivity contribution in [1.29, 1.82) is 0 Å². The summed E-state index contributed by atoms with van der Waals surface area (Å²) >= 11 is 35.3. The molecule has 8 aromatic rings. The van der Waals surface area contributed by atoms with Gasteiger partial charge in [-0.25, -0.2) is 15.0 Å². The number of pyridine rings is 4. The molecule has 109 heavy (non-hydrogen) atoms. The summed E-state index contributed by atoms with van der Waals surface area (Å²) in [6.45, 7) is 28.0. The van der Waals surface area contributed by atoms with E-state index in [1.54, 1.807) is 41.3 Å². The molecular weight excluding hydrogens is 1570 g/mol. The summed E-state index contributed by atoms with van der Waals surface area (Å²) in [6, 6.07) is -0.355. The van der Waals surface area contributed by atoms with Crippen molar-refractivity contribution < 1.29 is 42.9 Å². The van der Waals surface area contributed by atoms with Crippen LogP contribution in [0.2, 0.25) is 25.6 Å². The number of nitrogens with zero attached hydrogens (tertiary/aromatic N) is 18. The van der Waals surface area contributed by atoms with E-state index >= 15 is 0 Å². The van der Waals surface area contributed by atoms with Crippen molar-refractivity contribution in [2.24, 2.45) is 11.8 Å². The second-order valence-corrected chi connectivity index (χ2v) is 30.1. The number of hydrogen-bond acceptors (Lipinski definition) is 29. The molecule has 0 aliphatic carbocycles. The molecule has 8 N–H and O–H groups in total. The lowest BCUT2D eigenvalue weighted by Crippen LogP contribution is -2.54. The number of anilines is 10. The van der Waals surface area contributed by atoms with Crippen molar-refractivity contribution in [2.75, 3.05) is 114 Å². The molecule has 0 radical (unpaired) electrons. The second-order valence-electron chi connectivity index (χ2n) is 27.5. The number of amides is 2. The highest BCUT2D eigenvalue weighted by Crippen LogP contribution is 2.46. The number of halogens is 6. The number of nitrogens with two attached hydrogens (primary N) is 4. The first-order chi connectivity index (χ1) is 51.4. The van der Waals surface area contributed by atoms with Gasteiger partial charge in [-0.1, -0.05) is 102 Å². The van der Waals surface area contributed by atoms with E-state index in [1.165, 1.54) is 21.3 Å². The molecule has 12 rings (SSSR count). The standard InChI is InChI=1S/C19H24Cl2N6O4.C18H22BrClN6O.C18H22ClN5O2.C17H20ClN5O2/c1-9(2)6-27-11(28)8-26(17-13(27)16(21)24-19(22)25-17)7-10-12(20)14(29-3)15(30-4)18(23-10)31-5;1-9(2)6-26-13(27)8-25(17-15(26)16(20)23-18(21)24-17)7-12-11(4)14(19)10(3)5-22-12;1-9-7-21-12(10(2)14(9)26-5)8-24-16-11(6-13(25)18(24,3)4)15(19)22-17(20)23-16;1-8-6-20-12(9(2)14(8)25-4)7-23-10(3)13(24)5-11-15(18)21-17(19)22-16(11)23/h9H,6-8H2,1-5H3,(H2,22,24,25);5,9H,6-8H2,1-4H3,(H2,21,23,24);7H,6,8H2,1-5H3,(H2,20,22,23);6,10H,5,7H2,1-4H3,(H2,19,21,22)/t;;;10-/m...1/s1. The Labute approximate surface area is 665 Å². The molecule has 31 nitrogen and oxygen atoms in total. The molecule has 12 heterocycles. The summed E-state index contributed by atoms with van der Waals surface area (Å²) in [6.07, 6.45) is 5.73. The lowest BCUT2D eigenvalue weighted by atomic mass is 9.87. The summed E-state index contributed by atoms with van der Waals surface area (Å²) in [5, 5.41) is 0.953. The highest BCUT2D eigenvalue weighted by Gasteiger charge is 2.44. The topological polar surface area (TPSA) is 393 Å². The molecule has 4 aliphatic heterocycles. The van der Waals surface area contributed by atoms with Gasteiger partial charge in [-0.2, -0.15) is 29.9 Å². The number of ether oxygens (including phenoxy) is 5. The van der Waals surface area contributed by atoms with Crippen molar-refractivity contribution in [3.8, 4) is 28.9 Å². The number of aromatic nitrogens is 12. The molecular formula is C72H88BrCl5N22O9. The van der Waals surface area contributed by atoms with E-state index in [2.05, 4.69) is 75.7 Å². The van der Waals surface area contributed by atoms with Crippen molar-refractivity contribution in [3.05, 3.63) is 116 Å². The van der Waals surface area contributed by atoms with Gasteiger partial charge in [-0.05, 0) is 85.3 Å². The van der Waals surface area contributed by atoms with Crippen molar-refractivity contribution in [3.63, 3.8) is 0 Å². The molecule has 4 aliphatic rings. The van der Waals surface area contributed by atoms with Gasteiger partial charge in [0.1, 0.15) is 49.8 Å². The average Bonchev–Trinajstić information content (AvgIpc) is 0.755. The monoisotopic (exact) mass is 1660 g/mol. The Hall–Kier alpha value is -9.47. The van der Waals surface area contributed by atoms with E-state index in [0.717, 1.165) is 66.4 Å². The maximum atomic E-state index is 13.0. The molecule has 0 unspecified atom stereocenters. The summed E-state index contributed by atoms with van der Waals surface area (Å²) in [7, 11) is 7.65. The van der Waals surface area contributed by atoms with Crippen LogP contribution >= 0.6 is 73.9 Å². The summed E-state index contributed by atoms with van der Waals surface area (Å²) < 4.78 is 28.0. The van der Waals surface area contributed by atoms with Crippen LogP contribution in [0, 0.1) is 53.4 Å². The number of aryl methyl sites for hydroxylation is 3. The molecule has 0 saturated heterocycles. The zero-order chi connectivity index (χ0) is 80.3. The van der Waals surface area contributed by atoms with Gasteiger partial charge in [0.25, 0.3) is 5.88 Å². The second kappa shape index (κ2) is 34.6. The van der Waals surface area contributed by atoms with Crippen LogP contribution in [-0.2, 0) is 58.2 Å². The highest BCUT2D eigenvalue weighted by atomic mass is 79.9. The van der Waals surface area contributed by atoms with Gasteiger partial charge in [0.05, 0.1) is 109 Å². The van der Waals surface area contributed by atoms with Gasteiger partial charge in [-0.3, -0.25) is 34.1 Å². The minimum Gasteiger partial charge on any atom is -0.496 e. The van der Waals surface area contributed by atoms with E-state index in [9.17, 15) is 19.2 Å². The Kier molecular flexibility index (Phi) is 26.5. The fourth-order valence-electron chi connectivity index (χ4n) is 12.9. The normalized spacial score (nSPS) is 14.9. The van der Waals surface area contributed by atoms with Gasteiger partial charge in [0.15, 0.2) is 39.3 Å². The van der Waals surface area contributed by atoms with Gasteiger partial charge >= 0.3 is 0 Å². The minimum absolute atomic E-state index is 0.00320. The molecule has 8 aromatic heterocycles. The predicted molar refractivity (Wildman–Crippen MR) is 426 cm³/mol. The maximum absolute atomic E-state index is 13.0. The van der Waals surface area contributed by atoms with Gasteiger partial charge < -0.3 is 76.0 Å². The Morgan fingerprint density at radius 3 is 1.35 bits per heavy atom. The number of ketones is 2. The van der Waals surface area contributed by atoms with Crippen LogP contribution in [0.25, 0.3) is 0 Å². The highest BCUT2D eigenvalue weighted by molar-refractivity contribution is 9.10. The average molecular weight is 1660 g/mol. The Morgan fingerprint density at radius 1 is 0.495 bits per heavy atom. The maximum Gasteiger partial charge on any atom is 0.261 e. The van der Waals surface area contributed by atoms with Crippen LogP contribution in [0.5, 0.6) is 28.9 Å². The first-order valence-electron chi connectivity index (χ1n) is 34.3. The van der Waals surface area contributed by atoms with Crippen LogP contribution in [0.3, 0.4) is 0 Å². The van der Waals surface area contributed by atoms with Gasteiger partial charge in [-0.15, -0.1) is 0 Å². The van der Waals surface area contributed by atoms with E-state index in [1.807, 2.05) is 111 Å². The van der Waals surface area contributed by atoms with E-state index in [-0.39, 0.29) is 141 Å². The lowest BCUT2D eigenvalue weighted by molar-refractivity contribution is -0.123. The van der Waals surface area contributed by atoms with E-state index in [4.69, 9.17) is 105 Å². The number of carbonyl (C=O) groups is 4. The molecule has 1 atom stereocenters. The SMILES string of the molecule is COc1c(C)cnc(CN2c3nc(N)nc(Cl)c3CC(=O)C2(C)C)c1C.COc1c(C)cnc(CN2c3nc(N)nc(Cl)c3CC(=O)[C@H]2C)c1C.COc1nc(CN2CC(=O)N(CC(C)C)c3c(Cl)nc(N)nc32)c(Cl)c(OC)c1OC.Cc1cnc(CN2CC(=O)N(CC(C)C)c3c(Cl)nc(N)nc32)c(C)c1Br. The first kappa shape index (κ1) is 83.6. The third kappa shape index (κ3) is 17.7. The predicted octanol–water partition coefficient (Wildman–Crippen LogP) is 11.2. The number of Topliss-reactive ketones (excluding diaryl/α,β-unsaturated/α-hetero) is 2. The molecule has 0 spiro atoms. The van der Waals surface area contributed by atoms with Crippen molar-refractivity contribution >= 4 is 156 Å². The molecule has 2 amide bonds. The van der Waals surface area contributed by atoms with Crippen LogP contribution in [0.1, 0.15) is 116 Å². The molecule has 582 valence electrons. The quantitative estimate of drug-likeness (QED) is 0.0615. The van der Waals surface area contributed by atoms with E-state index < -0.39 is 5.54 Å². The molecule has 0 aromatic carbocycles. The number of carbonyl (C=O) groups excluding carboxylic acids is 4. The largest absolute Gasteiger partial charge is 0.496 e.